The summed E-state index contributed by atoms with van der Waals surface area (Å²) in [5.41, 5.74) is 6.81. The molecule has 0 unspecified atom stereocenters. The minimum atomic E-state index is -0.592. The fourth-order valence-corrected chi connectivity index (χ4v) is 4.87. The molecule has 5 heterocycles. The van der Waals surface area contributed by atoms with Crippen molar-refractivity contribution in [3.63, 3.8) is 0 Å². The van der Waals surface area contributed by atoms with E-state index >= 15 is 0 Å². The smallest absolute Gasteiger partial charge is 0.378 e. The van der Waals surface area contributed by atoms with Crippen LogP contribution in [0.15, 0.2) is 82.2 Å². The van der Waals surface area contributed by atoms with Crippen LogP contribution in [-0.2, 0) is 4.74 Å². The summed E-state index contributed by atoms with van der Waals surface area (Å²) in [7, 11) is 0. The SMILES string of the molecule is O=c1[nH]c(-c2ccc(-c3c(/C=C/c4ccc5ccccc5n4)nc4c(N5CCOCC5)ccnn34)cc2)no1. The molecule has 1 aliphatic heterocycles. The van der Waals surface area contributed by atoms with Crippen molar-refractivity contribution in [2.75, 3.05) is 31.2 Å². The van der Waals surface area contributed by atoms with Crippen LogP contribution in [0.1, 0.15) is 11.4 Å². The van der Waals surface area contributed by atoms with Crippen LogP contribution in [0, 0.1) is 0 Å². The third-order valence-electron chi connectivity index (χ3n) is 6.78. The average Bonchev–Trinajstić information content (AvgIpc) is 3.60. The fraction of sp³-hybridized carbons (Fsp3) is 0.138. The normalized spacial score (nSPS) is 14.1. The Hall–Kier alpha value is -5.09. The van der Waals surface area contributed by atoms with Crippen molar-refractivity contribution in [1.82, 2.24) is 29.7 Å². The highest BCUT2D eigenvalue weighted by Gasteiger charge is 2.20. The molecule has 6 aromatic rings. The molecule has 0 bridgehead atoms. The van der Waals surface area contributed by atoms with E-state index in [9.17, 15) is 4.79 Å². The van der Waals surface area contributed by atoms with E-state index in [2.05, 4.69) is 30.7 Å². The molecule has 192 valence electrons. The Labute approximate surface area is 222 Å². The van der Waals surface area contributed by atoms with E-state index in [1.807, 2.05) is 77.3 Å². The predicted octanol–water partition coefficient (Wildman–Crippen LogP) is 4.29. The zero-order valence-electron chi connectivity index (χ0n) is 20.8. The van der Waals surface area contributed by atoms with Gasteiger partial charge in [0, 0.05) is 29.6 Å². The number of H-pyrrole nitrogens is 1. The number of nitrogens with zero attached hydrogens (tertiary/aromatic N) is 6. The molecule has 4 aromatic heterocycles. The minimum Gasteiger partial charge on any atom is -0.378 e. The van der Waals surface area contributed by atoms with Crippen LogP contribution in [0.5, 0.6) is 0 Å². The second-order valence-corrected chi connectivity index (χ2v) is 9.18. The van der Waals surface area contributed by atoms with E-state index in [1.54, 1.807) is 6.20 Å². The average molecular weight is 518 g/mol. The topological polar surface area (TPSA) is 114 Å². The Morgan fingerprint density at radius 2 is 1.69 bits per heavy atom. The van der Waals surface area contributed by atoms with Gasteiger partial charge in [0.15, 0.2) is 11.5 Å². The number of pyridine rings is 1. The number of hydrogen-bond donors (Lipinski definition) is 1. The number of morpholine rings is 1. The second kappa shape index (κ2) is 9.66. The molecule has 1 saturated heterocycles. The van der Waals surface area contributed by atoms with Crippen LogP contribution >= 0.6 is 0 Å². The van der Waals surface area contributed by atoms with Crippen molar-refractivity contribution in [2.45, 2.75) is 0 Å². The number of nitrogens with one attached hydrogen (secondary N) is 1. The Bertz CT molecular complexity index is 1880. The zero-order valence-corrected chi connectivity index (χ0v) is 20.8. The van der Waals surface area contributed by atoms with Crippen molar-refractivity contribution in [2.24, 2.45) is 0 Å². The number of fused-ring (bicyclic) bond motifs is 2. The summed E-state index contributed by atoms with van der Waals surface area (Å²) in [6.45, 7) is 2.93. The molecular weight excluding hydrogens is 494 g/mol. The standard InChI is InChI=1S/C29H23N7O3/c37-29-33-27(34-39-29)21-7-5-20(6-8-21)26-24(12-11-22-10-9-19-3-1-2-4-23(19)31-22)32-28-25(13-14-30-36(26)28)35-15-17-38-18-16-35/h1-14H,15-18H2,(H,33,34,37)/b12-11+. The van der Waals surface area contributed by atoms with Crippen molar-refractivity contribution in [1.29, 1.82) is 0 Å². The maximum atomic E-state index is 11.4. The van der Waals surface area contributed by atoms with E-state index in [1.165, 1.54) is 0 Å². The van der Waals surface area contributed by atoms with Crippen molar-refractivity contribution in [3.8, 4) is 22.6 Å². The number of aromatic amines is 1. The van der Waals surface area contributed by atoms with E-state index < -0.39 is 5.76 Å². The molecule has 0 aliphatic carbocycles. The third kappa shape index (κ3) is 4.36. The number of hydrogen-bond acceptors (Lipinski definition) is 8. The predicted molar refractivity (Wildman–Crippen MR) is 148 cm³/mol. The number of anilines is 1. The van der Waals surface area contributed by atoms with E-state index in [4.69, 9.17) is 14.7 Å². The van der Waals surface area contributed by atoms with Crippen LogP contribution in [0.25, 0.3) is 51.3 Å². The largest absolute Gasteiger partial charge is 0.439 e. The lowest BCUT2D eigenvalue weighted by molar-refractivity contribution is 0.123. The molecule has 7 rings (SSSR count). The summed E-state index contributed by atoms with van der Waals surface area (Å²) in [6.07, 6.45) is 5.75. The van der Waals surface area contributed by atoms with Crippen molar-refractivity contribution in [3.05, 3.63) is 94.9 Å². The monoisotopic (exact) mass is 517 g/mol. The highest BCUT2D eigenvalue weighted by molar-refractivity contribution is 5.85. The van der Waals surface area contributed by atoms with Crippen LogP contribution < -0.4 is 10.7 Å². The summed E-state index contributed by atoms with van der Waals surface area (Å²) in [5, 5.41) is 9.57. The molecule has 0 spiro atoms. The molecule has 0 atom stereocenters. The maximum absolute atomic E-state index is 11.4. The molecule has 1 fully saturated rings. The van der Waals surface area contributed by atoms with Crippen LogP contribution in [0.2, 0.25) is 0 Å². The molecule has 39 heavy (non-hydrogen) atoms. The maximum Gasteiger partial charge on any atom is 0.439 e. The summed E-state index contributed by atoms with van der Waals surface area (Å²) < 4.78 is 12.1. The van der Waals surface area contributed by atoms with E-state index in [-0.39, 0.29) is 0 Å². The number of imidazole rings is 1. The molecule has 2 aromatic carbocycles. The lowest BCUT2D eigenvalue weighted by Crippen LogP contribution is -2.36. The highest BCUT2D eigenvalue weighted by atomic mass is 16.5. The molecule has 10 nitrogen and oxygen atoms in total. The number of ether oxygens (including phenoxy) is 1. The summed E-state index contributed by atoms with van der Waals surface area (Å²) >= 11 is 0. The number of para-hydroxylation sites is 1. The number of aromatic nitrogens is 6. The quantitative estimate of drug-likeness (QED) is 0.360. The number of benzene rings is 2. The Morgan fingerprint density at radius 3 is 2.51 bits per heavy atom. The molecule has 1 N–H and O–H groups in total. The van der Waals surface area contributed by atoms with Gasteiger partial charge in [-0.15, -0.1) is 0 Å². The van der Waals surface area contributed by atoms with Crippen molar-refractivity contribution < 1.29 is 9.26 Å². The molecule has 0 saturated carbocycles. The fourth-order valence-electron chi connectivity index (χ4n) is 4.87. The third-order valence-corrected chi connectivity index (χ3v) is 6.78. The van der Waals surface area contributed by atoms with Gasteiger partial charge < -0.3 is 9.64 Å². The van der Waals surface area contributed by atoms with Crippen LogP contribution in [-0.4, -0.2) is 56.0 Å². The lowest BCUT2D eigenvalue weighted by atomic mass is 10.1. The summed E-state index contributed by atoms with van der Waals surface area (Å²) in [6, 6.07) is 21.8. The van der Waals surface area contributed by atoms with Gasteiger partial charge in [0.05, 0.1) is 42.0 Å². The highest BCUT2D eigenvalue weighted by Crippen LogP contribution is 2.31. The zero-order chi connectivity index (χ0) is 26.2. The first-order valence-corrected chi connectivity index (χ1v) is 12.6. The Morgan fingerprint density at radius 1 is 0.872 bits per heavy atom. The first-order valence-electron chi connectivity index (χ1n) is 12.6. The number of rotatable bonds is 5. The first-order chi connectivity index (χ1) is 19.2. The Kier molecular flexibility index (Phi) is 5.71. The van der Waals surface area contributed by atoms with Gasteiger partial charge in [-0.1, -0.05) is 53.7 Å². The minimum absolute atomic E-state index is 0.375. The van der Waals surface area contributed by atoms with Gasteiger partial charge in [0.2, 0.25) is 0 Å². The summed E-state index contributed by atoms with van der Waals surface area (Å²) in [4.78, 5) is 26.1. The van der Waals surface area contributed by atoms with Crippen molar-refractivity contribution >= 4 is 34.4 Å². The van der Waals surface area contributed by atoms with Gasteiger partial charge in [-0.05, 0) is 30.4 Å². The van der Waals surface area contributed by atoms with Gasteiger partial charge in [-0.2, -0.15) is 5.10 Å². The lowest BCUT2D eigenvalue weighted by Gasteiger charge is -2.28. The molecule has 0 radical (unpaired) electrons. The van der Waals surface area contributed by atoms with Crippen LogP contribution in [0.3, 0.4) is 0 Å². The molecule has 0 amide bonds. The Balaban J connectivity index is 1.35. The van der Waals surface area contributed by atoms with Gasteiger partial charge >= 0.3 is 5.76 Å². The van der Waals surface area contributed by atoms with E-state index in [0.717, 1.165) is 63.5 Å². The molecule has 1 aliphatic rings. The van der Waals surface area contributed by atoms with Gasteiger partial charge in [0.1, 0.15) is 5.69 Å². The first kappa shape index (κ1) is 23.1. The summed E-state index contributed by atoms with van der Waals surface area (Å²) in [5.74, 6) is -0.217. The van der Waals surface area contributed by atoms with Gasteiger partial charge in [-0.25, -0.2) is 19.3 Å². The van der Waals surface area contributed by atoms with Gasteiger partial charge in [0.25, 0.3) is 0 Å². The van der Waals surface area contributed by atoms with Crippen LogP contribution in [0.4, 0.5) is 5.69 Å². The molecular formula is C29H23N7O3. The molecule has 10 heteroatoms. The van der Waals surface area contributed by atoms with Gasteiger partial charge in [-0.3, -0.25) is 9.51 Å². The second-order valence-electron chi connectivity index (χ2n) is 9.18. The van der Waals surface area contributed by atoms with E-state index in [0.29, 0.717) is 19.0 Å².